The van der Waals surface area contributed by atoms with E-state index in [0.29, 0.717) is 11.5 Å². The second-order valence-corrected chi connectivity index (χ2v) is 2.27. The number of anilines is 1. The lowest BCUT2D eigenvalue weighted by atomic mass is 10.3. The lowest BCUT2D eigenvalue weighted by Crippen LogP contribution is -1.87. The van der Waals surface area contributed by atoms with E-state index in [9.17, 15) is 0 Å². The molecular formula is C6H6N4O. The van der Waals surface area contributed by atoms with E-state index in [4.69, 9.17) is 10.3 Å². The third-order valence-electron chi connectivity index (χ3n) is 1.39. The summed E-state index contributed by atoms with van der Waals surface area (Å²) in [6, 6.07) is 1.79. The van der Waals surface area contributed by atoms with E-state index in [-0.39, 0.29) is 0 Å². The number of aryl methyl sites for hydroxylation is 1. The minimum atomic E-state index is 0.359. The number of aromatic nitrogens is 3. The van der Waals surface area contributed by atoms with Crippen molar-refractivity contribution in [1.82, 2.24) is 15.4 Å². The quantitative estimate of drug-likeness (QED) is 0.591. The Morgan fingerprint density at radius 3 is 3.09 bits per heavy atom. The Bertz CT molecular complexity index is 394. The average Bonchev–Trinajstić information content (AvgIpc) is 2.33. The molecule has 2 aromatic rings. The molecule has 0 aromatic carbocycles. The van der Waals surface area contributed by atoms with Crippen LogP contribution < -0.4 is 5.73 Å². The van der Waals surface area contributed by atoms with Crippen molar-refractivity contribution >= 4 is 16.9 Å². The summed E-state index contributed by atoms with van der Waals surface area (Å²) in [6.07, 6.45) is 0. The Kier molecular flexibility index (Phi) is 1.06. The Morgan fingerprint density at radius 1 is 1.45 bits per heavy atom. The van der Waals surface area contributed by atoms with Crippen molar-refractivity contribution in [3.05, 3.63) is 11.8 Å². The van der Waals surface area contributed by atoms with Crippen LogP contribution in [-0.4, -0.2) is 15.4 Å². The third kappa shape index (κ3) is 0.813. The maximum atomic E-state index is 5.47. The molecule has 0 saturated carbocycles. The van der Waals surface area contributed by atoms with E-state index in [1.807, 2.05) is 6.92 Å². The van der Waals surface area contributed by atoms with Gasteiger partial charge in [0.25, 0.3) is 5.71 Å². The molecule has 0 amide bonds. The van der Waals surface area contributed by atoms with E-state index < -0.39 is 0 Å². The lowest BCUT2D eigenvalue weighted by molar-refractivity contribution is 0.449. The number of hydrogen-bond acceptors (Lipinski definition) is 5. The van der Waals surface area contributed by atoms with Crippen molar-refractivity contribution in [1.29, 1.82) is 0 Å². The van der Waals surface area contributed by atoms with Gasteiger partial charge in [-0.2, -0.15) is 5.10 Å². The van der Waals surface area contributed by atoms with Crippen LogP contribution in [0.15, 0.2) is 10.6 Å². The summed E-state index contributed by atoms with van der Waals surface area (Å²) < 4.78 is 4.76. The fraction of sp³-hybridized carbons (Fsp3) is 0.167. The molecule has 5 heteroatoms. The van der Waals surface area contributed by atoms with Crippen LogP contribution in [-0.2, 0) is 0 Å². The fourth-order valence-electron chi connectivity index (χ4n) is 0.870. The van der Waals surface area contributed by atoms with E-state index in [1.165, 1.54) is 0 Å². The van der Waals surface area contributed by atoms with Crippen molar-refractivity contribution in [3.63, 3.8) is 0 Å². The Labute approximate surface area is 62.2 Å². The third-order valence-corrected chi connectivity index (χ3v) is 1.39. The molecule has 0 aliphatic rings. The first-order chi connectivity index (χ1) is 5.27. The summed E-state index contributed by atoms with van der Waals surface area (Å²) in [4.78, 5) is 0. The van der Waals surface area contributed by atoms with Gasteiger partial charge in [-0.1, -0.05) is 5.16 Å². The second kappa shape index (κ2) is 1.91. The summed E-state index contributed by atoms with van der Waals surface area (Å²) in [5.41, 5.74) is 6.65. The molecule has 0 fully saturated rings. The van der Waals surface area contributed by atoms with Gasteiger partial charge in [-0.15, -0.1) is 5.10 Å². The normalized spacial score (nSPS) is 10.6. The van der Waals surface area contributed by atoms with Gasteiger partial charge < -0.3 is 10.3 Å². The van der Waals surface area contributed by atoms with Gasteiger partial charge in [-0.3, -0.25) is 0 Å². The molecule has 0 aliphatic heterocycles. The Balaban J connectivity index is 2.87. The van der Waals surface area contributed by atoms with Crippen molar-refractivity contribution in [2.45, 2.75) is 6.92 Å². The smallest absolute Gasteiger partial charge is 0.278 e. The van der Waals surface area contributed by atoms with Crippen LogP contribution in [0.3, 0.4) is 0 Å². The summed E-state index contributed by atoms with van der Waals surface area (Å²) in [5.74, 6) is 0.359. The standard InChI is InChI=1S/C6H6N4O/c1-3-2-4-5(7)10-11-6(4)9-8-3/h2H,1H3,(H2,7,10). The first-order valence-electron chi connectivity index (χ1n) is 3.12. The number of rotatable bonds is 0. The first kappa shape index (κ1) is 6.09. The van der Waals surface area contributed by atoms with Crippen molar-refractivity contribution < 1.29 is 4.52 Å². The van der Waals surface area contributed by atoms with Gasteiger partial charge >= 0.3 is 0 Å². The molecule has 0 unspecified atom stereocenters. The van der Waals surface area contributed by atoms with Crippen LogP contribution in [0.1, 0.15) is 5.69 Å². The number of fused-ring (bicyclic) bond motifs is 1. The molecule has 0 saturated heterocycles. The minimum absolute atomic E-state index is 0.359. The molecular weight excluding hydrogens is 144 g/mol. The molecule has 0 spiro atoms. The van der Waals surface area contributed by atoms with Crippen LogP contribution in [0.5, 0.6) is 0 Å². The fourth-order valence-corrected chi connectivity index (χ4v) is 0.870. The van der Waals surface area contributed by atoms with Gasteiger partial charge in [0, 0.05) is 0 Å². The van der Waals surface area contributed by atoms with Gasteiger partial charge in [0.1, 0.15) is 0 Å². The number of nitrogen functional groups attached to an aromatic ring is 1. The number of nitrogens with two attached hydrogens (primary N) is 1. The van der Waals surface area contributed by atoms with Crippen LogP contribution >= 0.6 is 0 Å². The van der Waals surface area contributed by atoms with Crippen molar-refractivity contribution in [2.24, 2.45) is 0 Å². The lowest BCUT2D eigenvalue weighted by Gasteiger charge is -1.87. The van der Waals surface area contributed by atoms with Gasteiger partial charge in [0.15, 0.2) is 5.82 Å². The molecule has 56 valence electrons. The van der Waals surface area contributed by atoms with Crippen molar-refractivity contribution in [2.75, 3.05) is 5.73 Å². The molecule has 0 atom stereocenters. The largest absolute Gasteiger partial charge is 0.380 e. The van der Waals surface area contributed by atoms with E-state index in [0.717, 1.165) is 11.1 Å². The average molecular weight is 150 g/mol. The highest BCUT2D eigenvalue weighted by atomic mass is 16.5. The molecule has 2 rings (SSSR count). The zero-order chi connectivity index (χ0) is 7.84. The molecule has 2 N–H and O–H groups in total. The summed E-state index contributed by atoms with van der Waals surface area (Å²) >= 11 is 0. The predicted molar refractivity (Wildman–Crippen MR) is 38.7 cm³/mol. The van der Waals surface area contributed by atoms with Gasteiger partial charge in [-0.05, 0) is 13.0 Å². The molecule has 11 heavy (non-hydrogen) atoms. The zero-order valence-corrected chi connectivity index (χ0v) is 5.90. The Morgan fingerprint density at radius 2 is 2.27 bits per heavy atom. The predicted octanol–water partition coefficient (Wildman–Crippen LogP) is 0.508. The SMILES string of the molecule is Cc1cc2c(N)noc2nn1. The van der Waals surface area contributed by atoms with Gasteiger partial charge in [-0.25, -0.2) is 0 Å². The van der Waals surface area contributed by atoms with E-state index in [2.05, 4.69) is 15.4 Å². The molecule has 0 aliphatic carbocycles. The maximum absolute atomic E-state index is 5.47. The highest BCUT2D eigenvalue weighted by Gasteiger charge is 2.05. The van der Waals surface area contributed by atoms with E-state index >= 15 is 0 Å². The van der Waals surface area contributed by atoms with Crippen LogP contribution in [0.25, 0.3) is 11.1 Å². The topological polar surface area (TPSA) is 77.8 Å². The first-order valence-corrected chi connectivity index (χ1v) is 3.12. The monoisotopic (exact) mass is 150 g/mol. The zero-order valence-electron chi connectivity index (χ0n) is 5.90. The van der Waals surface area contributed by atoms with Crippen molar-refractivity contribution in [3.8, 4) is 0 Å². The number of nitrogens with zero attached hydrogens (tertiary/aromatic N) is 3. The van der Waals surface area contributed by atoms with Gasteiger partial charge in [0.2, 0.25) is 0 Å². The summed E-state index contributed by atoms with van der Waals surface area (Å²) in [7, 11) is 0. The van der Waals surface area contributed by atoms with Crippen LogP contribution in [0.4, 0.5) is 5.82 Å². The number of hydrogen-bond donors (Lipinski definition) is 1. The highest BCUT2D eigenvalue weighted by Crippen LogP contribution is 2.16. The summed E-state index contributed by atoms with van der Waals surface area (Å²) in [6.45, 7) is 1.83. The Hall–Kier alpha value is -1.65. The molecule has 0 radical (unpaired) electrons. The van der Waals surface area contributed by atoms with Crippen LogP contribution in [0, 0.1) is 6.92 Å². The molecule has 2 aromatic heterocycles. The molecule has 5 nitrogen and oxygen atoms in total. The molecule has 2 heterocycles. The van der Waals surface area contributed by atoms with Crippen LogP contribution in [0.2, 0.25) is 0 Å². The molecule has 0 bridgehead atoms. The minimum Gasteiger partial charge on any atom is -0.380 e. The second-order valence-electron chi connectivity index (χ2n) is 2.27. The highest BCUT2D eigenvalue weighted by molar-refractivity contribution is 5.83. The van der Waals surface area contributed by atoms with E-state index in [1.54, 1.807) is 6.07 Å². The summed E-state index contributed by atoms with van der Waals surface area (Å²) in [5, 5.41) is 11.8. The maximum Gasteiger partial charge on any atom is 0.278 e. The van der Waals surface area contributed by atoms with Gasteiger partial charge in [0.05, 0.1) is 11.1 Å².